The summed E-state index contributed by atoms with van der Waals surface area (Å²) in [5, 5.41) is 3.23. The molecule has 27 heavy (non-hydrogen) atoms. The normalized spacial score (nSPS) is 11.8. The molecule has 140 valence electrons. The van der Waals surface area contributed by atoms with Gasteiger partial charge in [-0.25, -0.2) is 0 Å². The predicted octanol–water partition coefficient (Wildman–Crippen LogP) is 4.18. The summed E-state index contributed by atoms with van der Waals surface area (Å²) in [7, 11) is 0.249. The number of hydrogen-bond donors (Lipinski definition) is 1. The van der Waals surface area contributed by atoms with E-state index in [-0.39, 0.29) is 17.4 Å². The van der Waals surface area contributed by atoms with E-state index in [0.717, 1.165) is 11.3 Å². The van der Waals surface area contributed by atoms with E-state index in [1.165, 1.54) is 0 Å². The molecule has 0 spiro atoms. The third-order valence-corrected chi connectivity index (χ3v) is 5.69. The molecule has 3 rings (SSSR count). The van der Waals surface area contributed by atoms with E-state index in [4.69, 9.17) is 20.8 Å². The van der Waals surface area contributed by atoms with Crippen LogP contribution in [0.15, 0.2) is 70.0 Å². The highest BCUT2D eigenvalue weighted by atomic mass is 35.5. The highest BCUT2D eigenvalue weighted by Crippen LogP contribution is 2.22. The van der Waals surface area contributed by atoms with Crippen molar-refractivity contribution in [2.24, 2.45) is 0 Å². The Bertz CT molecular complexity index is 953. The lowest BCUT2D eigenvalue weighted by molar-refractivity contribution is 0.0921. The van der Waals surface area contributed by atoms with Crippen molar-refractivity contribution in [2.75, 3.05) is 7.11 Å². The summed E-state index contributed by atoms with van der Waals surface area (Å²) in [5.74, 6) is 1.21. The summed E-state index contributed by atoms with van der Waals surface area (Å²) in [4.78, 5) is 12.8. The van der Waals surface area contributed by atoms with E-state index in [2.05, 4.69) is 5.32 Å². The number of nitrogens with one attached hydrogen (secondary N) is 1. The molecule has 0 aliphatic rings. The Morgan fingerprint density at radius 3 is 2.56 bits per heavy atom. The van der Waals surface area contributed by atoms with Gasteiger partial charge < -0.3 is 14.5 Å². The lowest BCUT2D eigenvalue weighted by Gasteiger charge is -2.05. The molecule has 5 nitrogen and oxygen atoms in total. The summed E-state index contributed by atoms with van der Waals surface area (Å²) in [5.41, 5.74) is 0.941. The molecule has 0 fully saturated rings. The molecular formula is C20H18ClNO4S. The standard InChI is InChI=1S/C20H18ClNO4S/c1-25-15-8-6-14(7-9-15)12-22-20(23)18-11-10-16(26-18)13-27(24)19-5-3-2-4-17(19)21/h2-11H,12-13H2,1H3,(H,22,23)/t27-/m1/s1. The zero-order valence-corrected chi connectivity index (χ0v) is 16.2. The smallest absolute Gasteiger partial charge is 0.287 e. The SMILES string of the molecule is COc1ccc(CNC(=O)c2ccc(C[S@@](=O)c3ccccc3Cl)o2)cc1. The van der Waals surface area contributed by atoms with Crippen molar-refractivity contribution in [1.82, 2.24) is 5.32 Å². The highest BCUT2D eigenvalue weighted by Gasteiger charge is 2.15. The third kappa shape index (κ3) is 4.99. The predicted molar refractivity (Wildman–Crippen MR) is 104 cm³/mol. The Hall–Kier alpha value is -2.57. The zero-order chi connectivity index (χ0) is 19.2. The molecule has 1 heterocycles. The highest BCUT2D eigenvalue weighted by molar-refractivity contribution is 7.84. The second-order valence-corrected chi connectivity index (χ2v) is 7.54. The molecular weight excluding hydrogens is 386 g/mol. The van der Waals surface area contributed by atoms with Crippen molar-refractivity contribution in [3.05, 3.63) is 82.8 Å². The molecule has 0 unspecified atom stereocenters. The Kier molecular flexibility index (Phi) is 6.32. The minimum atomic E-state index is -1.35. The fourth-order valence-corrected chi connectivity index (χ4v) is 3.91. The Morgan fingerprint density at radius 1 is 1.11 bits per heavy atom. The van der Waals surface area contributed by atoms with Gasteiger partial charge in [-0.15, -0.1) is 0 Å². The topological polar surface area (TPSA) is 68.5 Å². The number of rotatable bonds is 7. The van der Waals surface area contributed by atoms with E-state index in [9.17, 15) is 9.00 Å². The number of benzene rings is 2. The maximum absolute atomic E-state index is 12.4. The first-order valence-corrected chi connectivity index (χ1v) is 9.89. The molecule has 1 atom stereocenters. The molecule has 0 saturated heterocycles. The van der Waals surface area contributed by atoms with Gasteiger partial charge in [-0.3, -0.25) is 9.00 Å². The van der Waals surface area contributed by atoms with Crippen molar-refractivity contribution in [1.29, 1.82) is 0 Å². The van der Waals surface area contributed by atoms with E-state index in [1.807, 2.05) is 24.3 Å². The van der Waals surface area contributed by atoms with Gasteiger partial charge in [0.1, 0.15) is 11.5 Å². The van der Waals surface area contributed by atoms with Gasteiger partial charge >= 0.3 is 0 Å². The maximum atomic E-state index is 12.4. The van der Waals surface area contributed by atoms with E-state index in [1.54, 1.807) is 43.5 Å². The second kappa shape index (κ2) is 8.88. The zero-order valence-electron chi connectivity index (χ0n) is 14.6. The number of carbonyl (C=O) groups is 1. The van der Waals surface area contributed by atoms with Crippen molar-refractivity contribution in [2.45, 2.75) is 17.2 Å². The molecule has 3 aromatic rings. The van der Waals surface area contributed by atoms with Crippen LogP contribution in [0.2, 0.25) is 5.02 Å². The second-order valence-electron chi connectivity index (χ2n) is 5.72. The third-order valence-electron chi connectivity index (χ3n) is 3.85. The summed E-state index contributed by atoms with van der Waals surface area (Å²) >= 11 is 6.06. The average molecular weight is 404 g/mol. The summed E-state index contributed by atoms with van der Waals surface area (Å²) in [6, 6.07) is 17.6. The summed E-state index contributed by atoms with van der Waals surface area (Å²) < 4.78 is 23.1. The largest absolute Gasteiger partial charge is 0.497 e. The van der Waals surface area contributed by atoms with Crippen LogP contribution in [0, 0.1) is 0 Å². The first kappa shape index (κ1) is 19.2. The van der Waals surface area contributed by atoms with Gasteiger partial charge in [-0.05, 0) is 42.0 Å². The van der Waals surface area contributed by atoms with E-state index >= 15 is 0 Å². The molecule has 0 aliphatic carbocycles. The van der Waals surface area contributed by atoms with Crippen LogP contribution < -0.4 is 10.1 Å². The number of carbonyl (C=O) groups excluding carboxylic acids is 1. The summed E-state index contributed by atoms with van der Waals surface area (Å²) in [6.07, 6.45) is 0. The number of methoxy groups -OCH3 is 1. The van der Waals surface area contributed by atoms with Crippen LogP contribution in [0.25, 0.3) is 0 Å². The van der Waals surface area contributed by atoms with Crippen molar-refractivity contribution >= 4 is 28.3 Å². The first-order valence-electron chi connectivity index (χ1n) is 8.19. The van der Waals surface area contributed by atoms with Gasteiger partial charge in [0, 0.05) is 6.54 Å². The number of halogens is 1. The average Bonchev–Trinajstić information content (AvgIpc) is 3.15. The monoisotopic (exact) mass is 403 g/mol. The van der Waals surface area contributed by atoms with Gasteiger partial charge in [0.25, 0.3) is 5.91 Å². The lowest BCUT2D eigenvalue weighted by atomic mass is 10.2. The number of amides is 1. The Morgan fingerprint density at radius 2 is 1.85 bits per heavy atom. The van der Waals surface area contributed by atoms with Gasteiger partial charge in [0.05, 0.1) is 33.6 Å². The van der Waals surface area contributed by atoms with Crippen LogP contribution in [-0.4, -0.2) is 17.2 Å². The lowest BCUT2D eigenvalue weighted by Crippen LogP contribution is -2.22. The minimum absolute atomic E-state index is 0.148. The fraction of sp³-hybridized carbons (Fsp3) is 0.150. The van der Waals surface area contributed by atoms with Gasteiger partial charge in [0.15, 0.2) is 5.76 Å². The van der Waals surface area contributed by atoms with Gasteiger partial charge in [-0.1, -0.05) is 35.9 Å². The van der Waals surface area contributed by atoms with E-state index in [0.29, 0.717) is 22.2 Å². The molecule has 7 heteroatoms. The minimum Gasteiger partial charge on any atom is -0.497 e. The Balaban J connectivity index is 1.58. The molecule has 0 bridgehead atoms. The van der Waals surface area contributed by atoms with Crippen LogP contribution in [0.3, 0.4) is 0 Å². The number of ether oxygens (including phenoxy) is 1. The molecule has 0 aliphatic heterocycles. The fourth-order valence-electron chi connectivity index (χ4n) is 2.43. The molecule has 1 N–H and O–H groups in total. The molecule has 2 aromatic carbocycles. The summed E-state index contributed by atoms with van der Waals surface area (Å²) in [6.45, 7) is 0.365. The van der Waals surface area contributed by atoms with Crippen LogP contribution in [0.4, 0.5) is 0 Å². The van der Waals surface area contributed by atoms with Crippen molar-refractivity contribution < 1.29 is 18.2 Å². The molecule has 1 amide bonds. The van der Waals surface area contributed by atoms with Crippen LogP contribution in [0.1, 0.15) is 21.9 Å². The van der Waals surface area contributed by atoms with Crippen LogP contribution >= 0.6 is 11.6 Å². The number of hydrogen-bond acceptors (Lipinski definition) is 4. The van der Waals surface area contributed by atoms with Gasteiger partial charge in [-0.2, -0.15) is 0 Å². The molecule has 1 aromatic heterocycles. The van der Waals surface area contributed by atoms with Crippen LogP contribution in [-0.2, 0) is 23.1 Å². The van der Waals surface area contributed by atoms with Gasteiger partial charge in [0.2, 0.25) is 0 Å². The van der Waals surface area contributed by atoms with Crippen molar-refractivity contribution in [3.8, 4) is 5.75 Å². The number of furan rings is 1. The Labute approximate surface area is 164 Å². The maximum Gasteiger partial charge on any atom is 0.287 e. The first-order chi connectivity index (χ1) is 13.1. The molecule has 0 saturated carbocycles. The van der Waals surface area contributed by atoms with E-state index < -0.39 is 10.8 Å². The van der Waals surface area contributed by atoms with Crippen LogP contribution in [0.5, 0.6) is 5.75 Å². The quantitative estimate of drug-likeness (QED) is 0.642. The van der Waals surface area contributed by atoms with Crippen molar-refractivity contribution in [3.63, 3.8) is 0 Å². The molecule has 0 radical (unpaired) electrons.